The maximum atomic E-state index is 12.7. The van der Waals surface area contributed by atoms with E-state index < -0.39 is 17.8 Å². The van der Waals surface area contributed by atoms with E-state index in [1.165, 1.54) is 6.08 Å². The molecular formula is C24H21N3O4. The van der Waals surface area contributed by atoms with Gasteiger partial charge in [-0.3, -0.25) is 9.59 Å². The smallest absolute Gasteiger partial charge is 0.329 e. The van der Waals surface area contributed by atoms with Crippen LogP contribution < -0.4 is 10.6 Å². The molecule has 0 bridgehead atoms. The van der Waals surface area contributed by atoms with Crippen molar-refractivity contribution in [2.75, 3.05) is 11.9 Å². The Bertz CT molecular complexity index is 1160. The van der Waals surface area contributed by atoms with Crippen LogP contribution in [0.4, 0.5) is 10.5 Å². The third kappa shape index (κ3) is 4.40. The maximum Gasteiger partial charge on any atom is 0.329 e. The van der Waals surface area contributed by atoms with Crippen LogP contribution in [0, 0.1) is 0 Å². The lowest BCUT2D eigenvalue weighted by molar-refractivity contribution is -0.127. The van der Waals surface area contributed by atoms with E-state index in [0.29, 0.717) is 17.2 Å². The van der Waals surface area contributed by atoms with Crippen molar-refractivity contribution in [1.29, 1.82) is 0 Å². The van der Waals surface area contributed by atoms with Crippen LogP contribution in [0.2, 0.25) is 0 Å². The maximum absolute atomic E-state index is 12.7. The molecule has 0 radical (unpaired) electrons. The van der Waals surface area contributed by atoms with Crippen molar-refractivity contribution in [2.24, 2.45) is 0 Å². The van der Waals surface area contributed by atoms with Crippen molar-refractivity contribution in [2.45, 2.75) is 13.3 Å². The predicted octanol–water partition coefficient (Wildman–Crippen LogP) is 4.04. The second kappa shape index (κ2) is 8.71. The summed E-state index contributed by atoms with van der Waals surface area (Å²) in [6.07, 6.45) is 2.21. The van der Waals surface area contributed by atoms with E-state index in [-0.39, 0.29) is 12.2 Å². The third-order valence-corrected chi connectivity index (χ3v) is 4.91. The van der Waals surface area contributed by atoms with Crippen molar-refractivity contribution in [1.82, 2.24) is 10.2 Å². The number of benzene rings is 2. The minimum Gasteiger partial charge on any atom is -0.457 e. The highest BCUT2D eigenvalue weighted by Gasteiger charge is 2.35. The van der Waals surface area contributed by atoms with E-state index in [4.69, 9.17) is 4.42 Å². The van der Waals surface area contributed by atoms with E-state index in [1.54, 1.807) is 18.2 Å². The molecule has 3 aromatic rings. The summed E-state index contributed by atoms with van der Waals surface area (Å²) in [5, 5.41) is 5.27. The number of para-hydroxylation sites is 1. The minimum atomic E-state index is -0.648. The lowest BCUT2D eigenvalue weighted by Crippen LogP contribution is -2.38. The number of nitrogens with zero attached hydrogens (tertiary/aromatic N) is 1. The molecule has 1 aliphatic rings. The second-order valence-corrected chi connectivity index (χ2v) is 7.01. The number of amides is 4. The van der Waals surface area contributed by atoms with Gasteiger partial charge in [-0.2, -0.15) is 0 Å². The molecule has 2 heterocycles. The van der Waals surface area contributed by atoms with E-state index in [9.17, 15) is 14.4 Å². The van der Waals surface area contributed by atoms with Gasteiger partial charge in [0.1, 0.15) is 23.8 Å². The van der Waals surface area contributed by atoms with Crippen LogP contribution in [-0.4, -0.2) is 29.3 Å². The molecule has 0 atom stereocenters. The number of imide groups is 1. The Morgan fingerprint density at radius 1 is 1.03 bits per heavy atom. The molecule has 0 unspecified atom stereocenters. The summed E-state index contributed by atoms with van der Waals surface area (Å²) in [7, 11) is 0. The quantitative estimate of drug-likeness (QED) is 0.470. The fourth-order valence-electron chi connectivity index (χ4n) is 3.33. The molecule has 2 aromatic carbocycles. The van der Waals surface area contributed by atoms with Crippen LogP contribution in [0.15, 0.2) is 76.8 Å². The summed E-state index contributed by atoms with van der Waals surface area (Å²) >= 11 is 0. The minimum absolute atomic E-state index is 0.0562. The first-order valence-electron chi connectivity index (χ1n) is 9.92. The number of carbonyl (C=O) groups is 3. The number of anilines is 1. The number of urea groups is 1. The van der Waals surface area contributed by atoms with Gasteiger partial charge in [0.25, 0.3) is 5.91 Å². The van der Waals surface area contributed by atoms with Gasteiger partial charge in [0.05, 0.1) is 0 Å². The van der Waals surface area contributed by atoms with Gasteiger partial charge in [0.2, 0.25) is 5.91 Å². The zero-order valence-corrected chi connectivity index (χ0v) is 16.9. The summed E-state index contributed by atoms with van der Waals surface area (Å²) in [6.45, 7) is 1.60. The summed E-state index contributed by atoms with van der Waals surface area (Å²) in [5.74, 6) is 0.0392. The molecule has 7 nitrogen and oxygen atoms in total. The monoisotopic (exact) mass is 415 g/mol. The van der Waals surface area contributed by atoms with Gasteiger partial charge in [-0.05, 0) is 30.2 Å². The largest absolute Gasteiger partial charge is 0.457 e. The first-order chi connectivity index (χ1) is 15.0. The van der Waals surface area contributed by atoms with Crippen molar-refractivity contribution in [3.8, 4) is 11.3 Å². The van der Waals surface area contributed by atoms with Crippen molar-refractivity contribution in [3.05, 3.63) is 83.8 Å². The van der Waals surface area contributed by atoms with Crippen LogP contribution in [0.3, 0.4) is 0 Å². The van der Waals surface area contributed by atoms with Crippen molar-refractivity contribution < 1.29 is 18.8 Å². The van der Waals surface area contributed by atoms with Crippen LogP contribution in [0.25, 0.3) is 17.4 Å². The first kappa shape index (κ1) is 20.2. The van der Waals surface area contributed by atoms with Crippen LogP contribution in [0.5, 0.6) is 0 Å². The molecule has 2 N–H and O–H groups in total. The number of furan rings is 1. The summed E-state index contributed by atoms with van der Waals surface area (Å²) in [5.41, 5.74) is 2.60. The van der Waals surface area contributed by atoms with Gasteiger partial charge in [0.15, 0.2) is 0 Å². The molecule has 0 spiro atoms. The molecule has 0 saturated carbocycles. The number of carbonyl (C=O) groups excluding carboxylic acids is 3. The molecule has 156 valence electrons. The molecule has 1 aliphatic heterocycles. The number of rotatable bonds is 6. The topological polar surface area (TPSA) is 91.7 Å². The average molecular weight is 415 g/mol. The van der Waals surface area contributed by atoms with E-state index in [2.05, 4.69) is 10.6 Å². The fraction of sp³-hybridized carbons (Fsp3) is 0.125. The number of hydrogen-bond acceptors (Lipinski definition) is 4. The SMILES string of the molecule is CCc1ccccc1NC(=O)CN1C(=O)NC(=Cc2ccc(-c3ccccc3)o2)C1=O. The molecule has 31 heavy (non-hydrogen) atoms. The first-order valence-corrected chi connectivity index (χ1v) is 9.92. The van der Waals surface area contributed by atoms with Crippen LogP contribution in [-0.2, 0) is 16.0 Å². The molecular weight excluding hydrogens is 394 g/mol. The highest BCUT2D eigenvalue weighted by Crippen LogP contribution is 2.24. The summed E-state index contributed by atoms with van der Waals surface area (Å²) in [4.78, 5) is 38.2. The molecule has 7 heteroatoms. The van der Waals surface area contributed by atoms with Gasteiger partial charge in [-0.25, -0.2) is 9.69 Å². The molecule has 1 saturated heterocycles. The third-order valence-electron chi connectivity index (χ3n) is 4.91. The van der Waals surface area contributed by atoms with Crippen LogP contribution >= 0.6 is 0 Å². The Hall–Kier alpha value is -4.13. The van der Waals surface area contributed by atoms with Crippen LogP contribution in [0.1, 0.15) is 18.2 Å². The standard InChI is InChI=1S/C24H21N3O4/c1-2-16-8-6-7-11-19(16)25-22(28)15-27-23(29)20(26-24(27)30)14-18-12-13-21(31-18)17-9-4-3-5-10-17/h3-14H,2,15H2,1H3,(H,25,28)(H,26,30). The van der Waals surface area contributed by atoms with E-state index in [0.717, 1.165) is 22.4 Å². The Kier molecular flexibility index (Phi) is 5.66. The zero-order valence-electron chi connectivity index (χ0n) is 16.9. The van der Waals surface area contributed by atoms with E-state index in [1.807, 2.05) is 55.5 Å². The Morgan fingerprint density at radius 3 is 2.55 bits per heavy atom. The van der Waals surface area contributed by atoms with Gasteiger partial charge in [-0.15, -0.1) is 0 Å². The lowest BCUT2D eigenvalue weighted by Gasteiger charge is -2.13. The van der Waals surface area contributed by atoms with Crippen molar-refractivity contribution >= 4 is 29.6 Å². The van der Waals surface area contributed by atoms with Crippen molar-refractivity contribution in [3.63, 3.8) is 0 Å². The normalized spacial score (nSPS) is 14.7. The lowest BCUT2D eigenvalue weighted by atomic mass is 10.1. The summed E-state index contributed by atoms with van der Waals surface area (Å²) < 4.78 is 5.76. The number of nitrogens with one attached hydrogen (secondary N) is 2. The predicted molar refractivity (Wildman–Crippen MR) is 117 cm³/mol. The second-order valence-electron chi connectivity index (χ2n) is 7.01. The Balaban J connectivity index is 1.45. The fourth-order valence-corrected chi connectivity index (χ4v) is 3.33. The number of hydrogen-bond donors (Lipinski definition) is 2. The van der Waals surface area contributed by atoms with Gasteiger partial charge in [-0.1, -0.05) is 55.5 Å². The molecule has 0 aliphatic carbocycles. The molecule has 1 fully saturated rings. The van der Waals surface area contributed by atoms with Gasteiger partial charge < -0.3 is 15.1 Å². The molecule has 4 rings (SSSR count). The van der Waals surface area contributed by atoms with Gasteiger partial charge >= 0.3 is 6.03 Å². The molecule has 1 aromatic heterocycles. The zero-order chi connectivity index (χ0) is 21.8. The Morgan fingerprint density at radius 2 is 1.77 bits per heavy atom. The molecule has 4 amide bonds. The highest BCUT2D eigenvalue weighted by atomic mass is 16.3. The number of aryl methyl sites for hydroxylation is 1. The average Bonchev–Trinajstić information content (AvgIpc) is 3.35. The van der Waals surface area contributed by atoms with Gasteiger partial charge in [0, 0.05) is 17.3 Å². The highest BCUT2D eigenvalue weighted by molar-refractivity contribution is 6.15. The summed E-state index contributed by atoms with van der Waals surface area (Å²) in [6, 6.07) is 19.8. The Labute approximate surface area is 179 Å². The van der Waals surface area contributed by atoms with E-state index >= 15 is 0 Å².